The third-order valence-electron chi connectivity index (χ3n) is 3.22. The quantitative estimate of drug-likeness (QED) is 0.518. The molecule has 1 rings (SSSR count). The highest BCUT2D eigenvalue weighted by Crippen LogP contribution is 2.05. The molecule has 0 aliphatic heterocycles. The summed E-state index contributed by atoms with van der Waals surface area (Å²) in [5.74, 6) is -1.56. The minimum absolute atomic E-state index is 0.215. The molecule has 0 aliphatic rings. The fraction of sp³-hybridized carbons (Fsp3) is 0.389. The van der Waals surface area contributed by atoms with Crippen molar-refractivity contribution >= 4 is 34.0 Å². The Morgan fingerprint density at radius 3 is 2.39 bits per heavy atom. The largest absolute Gasteiger partial charge is 0.455 e. The van der Waals surface area contributed by atoms with Crippen molar-refractivity contribution in [1.82, 2.24) is 15.4 Å². The number of sulfonamides is 1. The van der Waals surface area contributed by atoms with Gasteiger partial charge in [0.25, 0.3) is 5.91 Å². The van der Waals surface area contributed by atoms with Gasteiger partial charge in [-0.15, -0.1) is 0 Å². The summed E-state index contributed by atoms with van der Waals surface area (Å²) in [6, 6.07) is 6.49. The lowest BCUT2D eigenvalue weighted by molar-refractivity contribution is -0.147. The van der Waals surface area contributed by atoms with Gasteiger partial charge in [0.1, 0.15) is 6.54 Å². The first-order chi connectivity index (χ1) is 13.1. The Hall–Kier alpha value is -2.72. The van der Waals surface area contributed by atoms with Crippen LogP contribution in [0.15, 0.2) is 29.7 Å². The van der Waals surface area contributed by atoms with Crippen LogP contribution in [0.25, 0.3) is 6.08 Å². The van der Waals surface area contributed by atoms with Crippen LogP contribution in [0.5, 0.6) is 0 Å². The van der Waals surface area contributed by atoms with E-state index in [9.17, 15) is 22.8 Å². The lowest BCUT2D eigenvalue weighted by atomic mass is 10.2. The third kappa shape index (κ3) is 10.4. The molecule has 0 spiro atoms. The Morgan fingerprint density at radius 2 is 1.79 bits per heavy atom. The van der Waals surface area contributed by atoms with Crippen LogP contribution in [-0.2, 0) is 24.3 Å². The normalized spacial score (nSPS) is 11.4. The lowest BCUT2D eigenvalue weighted by Gasteiger charge is -2.09. The SMILES string of the molecule is Cc1ccc(C=CS(=O)(=O)NCC(=O)OCC(=O)NC(=O)NCC(C)C)cc1. The average Bonchev–Trinajstić information content (AvgIpc) is 2.63. The van der Waals surface area contributed by atoms with Crippen molar-refractivity contribution in [3.63, 3.8) is 0 Å². The van der Waals surface area contributed by atoms with E-state index in [2.05, 4.69) is 10.1 Å². The van der Waals surface area contributed by atoms with Crippen LogP contribution in [0.2, 0.25) is 0 Å². The van der Waals surface area contributed by atoms with E-state index in [1.54, 1.807) is 12.1 Å². The smallest absolute Gasteiger partial charge is 0.321 e. The Kier molecular flexibility index (Phi) is 9.33. The van der Waals surface area contributed by atoms with Crippen LogP contribution in [0.3, 0.4) is 0 Å². The fourth-order valence-corrected chi connectivity index (χ4v) is 2.51. The van der Waals surface area contributed by atoms with Crippen molar-refractivity contribution in [3.05, 3.63) is 40.8 Å². The minimum Gasteiger partial charge on any atom is -0.455 e. The third-order valence-corrected chi connectivity index (χ3v) is 4.26. The van der Waals surface area contributed by atoms with Gasteiger partial charge in [-0.3, -0.25) is 14.9 Å². The standard InChI is InChI=1S/C18H25N3O6S/c1-13(2)10-19-18(24)21-16(22)12-27-17(23)11-20-28(25,26)9-8-15-6-4-14(3)5-7-15/h4-9,13,20H,10-12H2,1-3H3,(H2,19,21,22,24). The lowest BCUT2D eigenvalue weighted by Crippen LogP contribution is -2.43. The highest BCUT2D eigenvalue weighted by molar-refractivity contribution is 7.92. The molecule has 0 fully saturated rings. The van der Waals surface area contributed by atoms with Gasteiger partial charge in [-0.2, -0.15) is 0 Å². The van der Waals surface area contributed by atoms with Crippen LogP contribution >= 0.6 is 0 Å². The number of urea groups is 1. The molecule has 1 aromatic rings. The van der Waals surface area contributed by atoms with Crippen molar-refractivity contribution in [1.29, 1.82) is 0 Å². The van der Waals surface area contributed by atoms with E-state index >= 15 is 0 Å². The van der Waals surface area contributed by atoms with E-state index in [4.69, 9.17) is 0 Å². The Bertz CT molecular complexity index is 816. The number of imide groups is 1. The van der Waals surface area contributed by atoms with Gasteiger partial charge in [-0.25, -0.2) is 17.9 Å². The molecule has 0 atom stereocenters. The molecular formula is C18H25N3O6S. The Labute approximate surface area is 164 Å². The van der Waals surface area contributed by atoms with Gasteiger partial charge in [0.2, 0.25) is 10.0 Å². The molecule has 154 valence electrons. The van der Waals surface area contributed by atoms with E-state index in [0.717, 1.165) is 11.0 Å². The molecule has 0 radical (unpaired) electrons. The fourth-order valence-electron chi connectivity index (χ4n) is 1.75. The molecule has 0 bridgehead atoms. The zero-order valence-corrected chi connectivity index (χ0v) is 16.8. The molecule has 0 aliphatic carbocycles. The maximum Gasteiger partial charge on any atom is 0.321 e. The molecule has 1 aromatic carbocycles. The number of carbonyl (C=O) groups is 3. The van der Waals surface area contributed by atoms with Crippen LogP contribution in [-0.4, -0.2) is 46.0 Å². The maximum atomic E-state index is 11.8. The molecule has 9 nitrogen and oxygen atoms in total. The molecule has 28 heavy (non-hydrogen) atoms. The first-order valence-electron chi connectivity index (χ1n) is 8.55. The van der Waals surface area contributed by atoms with E-state index in [1.165, 1.54) is 6.08 Å². The second kappa shape index (κ2) is 11.2. The summed E-state index contributed by atoms with van der Waals surface area (Å²) in [4.78, 5) is 34.4. The summed E-state index contributed by atoms with van der Waals surface area (Å²) in [6.07, 6.45) is 1.39. The molecule has 3 amide bonds. The minimum atomic E-state index is -3.85. The number of hydrogen-bond donors (Lipinski definition) is 3. The van der Waals surface area contributed by atoms with E-state index in [-0.39, 0.29) is 5.92 Å². The van der Waals surface area contributed by atoms with Gasteiger partial charge in [-0.1, -0.05) is 43.7 Å². The molecule has 0 aromatic heterocycles. The summed E-state index contributed by atoms with van der Waals surface area (Å²) in [6.45, 7) is 4.73. The predicted molar refractivity (Wildman–Crippen MR) is 104 cm³/mol. The monoisotopic (exact) mass is 411 g/mol. The first kappa shape index (κ1) is 23.3. The summed E-state index contributed by atoms with van der Waals surface area (Å²) < 4.78 is 30.4. The number of nitrogens with one attached hydrogen (secondary N) is 3. The molecule has 0 unspecified atom stereocenters. The van der Waals surface area contributed by atoms with Crippen molar-refractivity contribution in [2.45, 2.75) is 20.8 Å². The van der Waals surface area contributed by atoms with Crippen LogP contribution in [0.1, 0.15) is 25.0 Å². The molecular weight excluding hydrogens is 386 g/mol. The van der Waals surface area contributed by atoms with Crippen molar-refractivity contribution < 1.29 is 27.5 Å². The number of esters is 1. The van der Waals surface area contributed by atoms with Gasteiger partial charge < -0.3 is 10.1 Å². The topological polar surface area (TPSA) is 131 Å². The summed E-state index contributed by atoms with van der Waals surface area (Å²) in [7, 11) is -3.85. The average molecular weight is 411 g/mol. The Balaban J connectivity index is 2.35. The zero-order valence-electron chi connectivity index (χ0n) is 16.0. The molecule has 0 saturated carbocycles. The Morgan fingerprint density at radius 1 is 1.14 bits per heavy atom. The van der Waals surface area contributed by atoms with E-state index in [1.807, 2.05) is 42.9 Å². The summed E-state index contributed by atoms with van der Waals surface area (Å²) >= 11 is 0. The zero-order chi connectivity index (χ0) is 21.2. The van der Waals surface area contributed by atoms with Gasteiger partial charge in [0.05, 0.1) is 0 Å². The molecule has 0 heterocycles. The maximum absolute atomic E-state index is 11.8. The van der Waals surface area contributed by atoms with E-state index in [0.29, 0.717) is 12.1 Å². The van der Waals surface area contributed by atoms with Crippen LogP contribution < -0.4 is 15.4 Å². The number of rotatable bonds is 9. The summed E-state index contributed by atoms with van der Waals surface area (Å²) in [5, 5.41) is 5.38. The van der Waals surface area contributed by atoms with Crippen molar-refractivity contribution in [3.8, 4) is 0 Å². The molecule has 3 N–H and O–H groups in total. The number of ether oxygens (including phenoxy) is 1. The number of aryl methyl sites for hydroxylation is 1. The van der Waals surface area contributed by atoms with Gasteiger partial charge in [-0.05, 0) is 24.5 Å². The predicted octanol–water partition coefficient (Wildman–Crippen LogP) is 0.910. The number of benzene rings is 1. The number of hydrogen-bond acceptors (Lipinski definition) is 6. The van der Waals surface area contributed by atoms with Crippen LogP contribution in [0.4, 0.5) is 4.79 Å². The van der Waals surface area contributed by atoms with Crippen LogP contribution in [0, 0.1) is 12.8 Å². The summed E-state index contributed by atoms with van der Waals surface area (Å²) in [5.41, 5.74) is 1.73. The molecule has 0 saturated heterocycles. The molecule has 10 heteroatoms. The van der Waals surface area contributed by atoms with Crippen molar-refractivity contribution in [2.75, 3.05) is 19.7 Å². The van der Waals surface area contributed by atoms with Gasteiger partial charge in [0.15, 0.2) is 6.61 Å². The second-order valence-electron chi connectivity index (χ2n) is 6.39. The second-order valence-corrected chi connectivity index (χ2v) is 8.04. The van der Waals surface area contributed by atoms with Gasteiger partial charge in [0, 0.05) is 12.0 Å². The first-order valence-corrected chi connectivity index (χ1v) is 10.1. The van der Waals surface area contributed by atoms with E-state index < -0.39 is 41.1 Å². The van der Waals surface area contributed by atoms with Gasteiger partial charge >= 0.3 is 12.0 Å². The van der Waals surface area contributed by atoms with Crippen molar-refractivity contribution in [2.24, 2.45) is 5.92 Å². The number of carbonyl (C=O) groups excluding carboxylic acids is 3. The number of amides is 3. The highest BCUT2D eigenvalue weighted by Gasteiger charge is 2.13. The highest BCUT2D eigenvalue weighted by atomic mass is 32.2.